The van der Waals surface area contributed by atoms with E-state index >= 15 is 0 Å². The maximum atomic E-state index is 10.8. The van der Waals surface area contributed by atoms with Gasteiger partial charge < -0.3 is 14.9 Å². The summed E-state index contributed by atoms with van der Waals surface area (Å²) in [5.41, 5.74) is 5.24. The topological polar surface area (TPSA) is 49.7 Å². The van der Waals surface area contributed by atoms with Gasteiger partial charge in [-0.25, -0.2) is 0 Å². The zero-order valence-corrected chi connectivity index (χ0v) is 22.2. The fourth-order valence-corrected chi connectivity index (χ4v) is 4.46. The van der Waals surface area contributed by atoms with Gasteiger partial charge in [0, 0.05) is 6.42 Å². The van der Waals surface area contributed by atoms with Gasteiger partial charge >= 0.3 is 0 Å². The molecular formula is C30H46O3. The van der Waals surface area contributed by atoms with Crippen molar-refractivity contribution in [1.82, 2.24) is 0 Å². The van der Waals surface area contributed by atoms with E-state index in [4.69, 9.17) is 4.74 Å². The molecule has 3 nitrogen and oxygen atoms in total. The van der Waals surface area contributed by atoms with Gasteiger partial charge in [0.25, 0.3) is 0 Å². The van der Waals surface area contributed by atoms with E-state index < -0.39 is 0 Å². The van der Waals surface area contributed by atoms with E-state index in [9.17, 15) is 10.2 Å². The monoisotopic (exact) mass is 454 g/mol. The number of rotatable bonds is 12. The number of phenols is 2. The summed E-state index contributed by atoms with van der Waals surface area (Å²) in [4.78, 5) is 0. The highest BCUT2D eigenvalue weighted by Gasteiger charge is 2.15. The van der Waals surface area contributed by atoms with Crippen LogP contribution in [0, 0.1) is 23.7 Å². The average molecular weight is 455 g/mol. The van der Waals surface area contributed by atoms with Crippen LogP contribution >= 0.6 is 0 Å². The average Bonchev–Trinajstić information content (AvgIpc) is 2.67. The molecule has 2 rings (SSSR count). The minimum absolute atomic E-state index is 0.430. The smallest absolute Gasteiger partial charge is 0.122 e. The standard InChI is InChI=1S/C30H46O3/c1-19(2)11-24-15-23(16-25(29(24)31)12-20(3)4)9-10-33-28-17-26(13-21(5)6)30(32)27(18-28)14-22(7)8/h15-22,31-32H,9-14H2,1-8H3. The van der Waals surface area contributed by atoms with E-state index in [0.29, 0.717) is 41.8 Å². The first-order chi connectivity index (χ1) is 15.5. The Morgan fingerprint density at radius 1 is 0.576 bits per heavy atom. The highest BCUT2D eigenvalue weighted by atomic mass is 16.5. The number of hydrogen-bond acceptors (Lipinski definition) is 3. The molecule has 0 radical (unpaired) electrons. The van der Waals surface area contributed by atoms with E-state index in [0.717, 1.165) is 60.1 Å². The fraction of sp³-hybridized carbons (Fsp3) is 0.600. The van der Waals surface area contributed by atoms with Crippen molar-refractivity contribution < 1.29 is 14.9 Å². The Labute approximate surface area is 202 Å². The van der Waals surface area contributed by atoms with Gasteiger partial charge in [0.05, 0.1) is 6.61 Å². The van der Waals surface area contributed by atoms with Gasteiger partial charge in [0.1, 0.15) is 17.2 Å². The van der Waals surface area contributed by atoms with Crippen LogP contribution in [-0.2, 0) is 32.1 Å². The van der Waals surface area contributed by atoms with E-state index in [1.807, 2.05) is 12.1 Å². The Hall–Kier alpha value is -2.16. The van der Waals surface area contributed by atoms with Crippen molar-refractivity contribution in [2.24, 2.45) is 23.7 Å². The van der Waals surface area contributed by atoms with Crippen LogP contribution in [0.5, 0.6) is 17.2 Å². The highest BCUT2D eigenvalue weighted by Crippen LogP contribution is 2.33. The molecule has 0 unspecified atom stereocenters. The number of hydrogen-bond donors (Lipinski definition) is 2. The molecule has 0 saturated carbocycles. The summed E-state index contributed by atoms with van der Waals surface area (Å²) < 4.78 is 6.21. The van der Waals surface area contributed by atoms with Crippen molar-refractivity contribution >= 4 is 0 Å². The Kier molecular flexibility index (Phi) is 10.1. The lowest BCUT2D eigenvalue weighted by Gasteiger charge is -2.18. The molecule has 33 heavy (non-hydrogen) atoms. The lowest BCUT2D eigenvalue weighted by molar-refractivity contribution is 0.319. The molecule has 0 bridgehead atoms. The molecule has 2 aromatic rings. The van der Waals surface area contributed by atoms with Crippen LogP contribution in [0.3, 0.4) is 0 Å². The molecule has 2 N–H and O–H groups in total. The summed E-state index contributed by atoms with van der Waals surface area (Å²) in [6.07, 6.45) is 4.21. The van der Waals surface area contributed by atoms with Crippen molar-refractivity contribution in [2.75, 3.05) is 6.61 Å². The first-order valence-corrected chi connectivity index (χ1v) is 12.8. The van der Waals surface area contributed by atoms with Crippen LogP contribution in [0.4, 0.5) is 0 Å². The van der Waals surface area contributed by atoms with Gasteiger partial charge in [-0.2, -0.15) is 0 Å². The third-order valence-corrected chi connectivity index (χ3v) is 5.74. The van der Waals surface area contributed by atoms with Gasteiger partial charge in [0.15, 0.2) is 0 Å². The van der Waals surface area contributed by atoms with E-state index in [1.54, 1.807) is 0 Å². The van der Waals surface area contributed by atoms with Crippen molar-refractivity contribution in [3.05, 3.63) is 52.1 Å². The van der Waals surface area contributed by atoms with Crippen LogP contribution < -0.4 is 4.74 Å². The van der Waals surface area contributed by atoms with Gasteiger partial charge in [-0.3, -0.25) is 0 Å². The quantitative estimate of drug-likeness (QED) is 0.349. The maximum absolute atomic E-state index is 10.8. The van der Waals surface area contributed by atoms with Crippen molar-refractivity contribution in [2.45, 2.75) is 87.5 Å². The van der Waals surface area contributed by atoms with Crippen molar-refractivity contribution in [1.29, 1.82) is 0 Å². The van der Waals surface area contributed by atoms with Crippen LogP contribution in [0.25, 0.3) is 0 Å². The van der Waals surface area contributed by atoms with Crippen LogP contribution in [0.2, 0.25) is 0 Å². The number of aromatic hydroxyl groups is 2. The van der Waals surface area contributed by atoms with E-state index in [2.05, 4.69) is 67.5 Å². The first-order valence-electron chi connectivity index (χ1n) is 12.8. The van der Waals surface area contributed by atoms with Crippen molar-refractivity contribution in [3.63, 3.8) is 0 Å². The third kappa shape index (κ3) is 8.61. The first kappa shape index (κ1) is 27.1. The molecule has 0 fully saturated rings. The van der Waals surface area contributed by atoms with Crippen LogP contribution in [0.1, 0.15) is 83.2 Å². The third-order valence-electron chi connectivity index (χ3n) is 5.74. The molecule has 0 saturated heterocycles. The molecule has 0 amide bonds. The second kappa shape index (κ2) is 12.3. The molecular weight excluding hydrogens is 408 g/mol. The molecule has 0 aliphatic carbocycles. The largest absolute Gasteiger partial charge is 0.507 e. The van der Waals surface area contributed by atoms with E-state index in [-0.39, 0.29) is 0 Å². The molecule has 184 valence electrons. The molecule has 0 aromatic heterocycles. The number of phenolic OH excluding ortho intramolecular Hbond substituents is 2. The highest BCUT2D eigenvalue weighted by molar-refractivity contribution is 5.47. The Balaban J connectivity index is 2.22. The van der Waals surface area contributed by atoms with Gasteiger partial charge in [-0.1, -0.05) is 67.5 Å². The summed E-state index contributed by atoms with van der Waals surface area (Å²) in [6, 6.07) is 8.30. The summed E-state index contributed by atoms with van der Waals surface area (Å²) in [6.45, 7) is 18.0. The van der Waals surface area contributed by atoms with Gasteiger partial charge in [-0.05, 0) is 89.3 Å². The Morgan fingerprint density at radius 3 is 1.24 bits per heavy atom. The predicted molar refractivity (Wildman–Crippen MR) is 140 cm³/mol. The summed E-state index contributed by atoms with van der Waals surface area (Å²) in [5.74, 6) is 3.65. The lowest BCUT2D eigenvalue weighted by atomic mass is 9.92. The zero-order chi connectivity index (χ0) is 24.7. The van der Waals surface area contributed by atoms with E-state index in [1.165, 1.54) is 5.56 Å². The second-order valence-corrected chi connectivity index (χ2v) is 11.3. The predicted octanol–water partition coefficient (Wildman–Crippen LogP) is 7.51. The SMILES string of the molecule is CC(C)Cc1cc(CCOc2cc(CC(C)C)c(O)c(CC(C)C)c2)cc(CC(C)C)c1O. The molecule has 0 spiro atoms. The minimum atomic E-state index is 0.430. The van der Waals surface area contributed by atoms with Gasteiger partial charge in [0.2, 0.25) is 0 Å². The molecule has 0 atom stereocenters. The van der Waals surface area contributed by atoms with Crippen LogP contribution in [-0.4, -0.2) is 16.8 Å². The minimum Gasteiger partial charge on any atom is -0.507 e. The molecule has 0 aliphatic heterocycles. The molecule has 3 heteroatoms. The molecule has 0 heterocycles. The van der Waals surface area contributed by atoms with Crippen LogP contribution in [0.15, 0.2) is 24.3 Å². The lowest BCUT2D eigenvalue weighted by Crippen LogP contribution is -2.07. The Morgan fingerprint density at radius 2 is 0.909 bits per heavy atom. The number of ether oxygens (including phenoxy) is 1. The zero-order valence-electron chi connectivity index (χ0n) is 22.2. The second-order valence-electron chi connectivity index (χ2n) is 11.3. The molecule has 2 aromatic carbocycles. The Bertz CT molecular complexity index is 758. The van der Waals surface area contributed by atoms with Gasteiger partial charge in [-0.15, -0.1) is 0 Å². The summed E-state index contributed by atoms with van der Waals surface area (Å²) >= 11 is 0. The fourth-order valence-electron chi connectivity index (χ4n) is 4.46. The summed E-state index contributed by atoms with van der Waals surface area (Å²) in [5, 5.41) is 21.6. The maximum Gasteiger partial charge on any atom is 0.122 e. The van der Waals surface area contributed by atoms with Crippen molar-refractivity contribution in [3.8, 4) is 17.2 Å². The summed E-state index contributed by atoms with van der Waals surface area (Å²) in [7, 11) is 0. The normalized spacial score (nSPS) is 11.9. The molecule has 0 aliphatic rings. The number of benzene rings is 2.